The Morgan fingerprint density at radius 1 is 1.27 bits per heavy atom. The van der Waals surface area contributed by atoms with Crippen LogP contribution in [-0.2, 0) is 0 Å². The summed E-state index contributed by atoms with van der Waals surface area (Å²) in [5.74, 6) is 0.297. The largest absolute Gasteiger partial charge is 0.393 e. The van der Waals surface area contributed by atoms with Gasteiger partial charge in [-0.3, -0.25) is 0 Å². The second kappa shape index (κ2) is 2.76. The van der Waals surface area contributed by atoms with Gasteiger partial charge in [0.2, 0.25) is 0 Å². The molecule has 1 aliphatic rings. The third-order valence-electron chi connectivity index (χ3n) is 3.09. The van der Waals surface area contributed by atoms with E-state index in [9.17, 15) is 10.2 Å². The molecule has 0 aromatic carbocycles. The molecule has 3 atom stereocenters. The van der Waals surface area contributed by atoms with Crippen LogP contribution in [0.25, 0.3) is 0 Å². The van der Waals surface area contributed by atoms with E-state index in [1.165, 1.54) is 0 Å². The molecule has 0 spiro atoms. The van der Waals surface area contributed by atoms with Gasteiger partial charge >= 0.3 is 0 Å². The standard InChI is InChI=1S/C9H18O2/c1-6-8(11)4-7(10)5-9(6,2)3/h6-8,10-11H,4-5H2,1-3H3. The Hall–Kier alpha value is -0.0800. The Labute approximate surface area is 68.2 Å². The highest BCUT2D eigenvalue weighted by atomic mass is 16.3. The molecule has 0 amide bonds. The molecule has 0 aromatic heterocycles. The highest BCUT2D eigenvalue weighted by Crippen LogP contribution is 2.40. The summed E-state index contributed by atoms with van der Waals surface area (Å²) in [6.07, 6.45) is 0.723. The molecule has 1 fully saturated rings. The van der Waals surface area contributed by atoms with Crippen LogP contribution in [0.15, 0.2) is 0 Å². The third-order valence-corrected chi connectivity index (χ3v) is 3.09. The van der Waals surface area contributed by atoms with Crippen molar-refractivity contribution in [2.24, 2.45) is 11.3 Å². The van der Waals surface area contributed by atoms with Crippen LogP contribution >= 0.6 is 0 Å². The Bertz CT molecular complexity index is 142. The Kier molecular flexibility index (Phi) is 2.26. The maximum Gasteiger partial charge on any atom is 0.0595 e. The second-order valence-electron chi connectivity index (χ2n) is 4.44. The van der Waals surface area contributed by atoms with E-state index in [-0.39, 0.29) is 17.6 Å². The molecule has 0 radical (unpaired) electrons. The summed E-state index contributed by atoms with van der Waals surface area (Å²) in [6, 6.07) is 0. The molecule has 1 rings (SSSR count). The molecular weight excluding hydrogens is 140 g/mol. The normalized spacial score (nSPS) is 43.9. The van der Waals surface area contributed by atoms with Gasteiger partial charge in [0.25, 0.3) is 0 Å². The zero-order valence-corrected chi connectivity index (χ0v) is 7.54. The molecule has 1 aliphatic carbocycles. The first-order chi connectivity index (χ1) is 4.93. The average Bonchev–Trinajstić information content (AvgIpc) is 1.81. The third kappa shape index (κ3) is 1.74. The van der Waals surface area contributed by atoms with Crippen molar-refractivity contribution in [3.63, 3.8) is 0 Å². The fraction of sp³-hybridized carbons (Fsp3) is 1.00. The minimum Gasteiger partial charge on any atom is -0.393 e. The smallest absolute Gasteiger partial charge is 0.0595 e. The summed E-state index contributed by atoms with van der Waals surface area (Å²) in [6.45, 7) is 6.25. The van der Waals surface area contributed by atoms with E-state index in [1.807, 2.05) is 0 Å². The van der Waals surface area contributed by atoms with E-state index in [0.717, 1.165) is 6.42 Å². The van der Waals surface area contributed by atoms with Crippen molar-refractivity contribution in [3.8, 4) is 0 Å². The van der Waals surface area contributed by atoms with Crippen LogP contribution in [0.3, 0.4) is 0 Å². The molecule has 2 nitrogen and oxygen atoms in total. The Balaban J connectivity index is 2.67. The monoisotopic (exact) mass is 158 g/mol. The summed E-state index contributed by atoms with van der Waals surface area (Å²) in [5, 5.41) is 18.9. The molecule has 0 aromatic rings. The van der Waals surface area contributed by atoms with Gasteiger partial charge in [-0.1, -0.05) is 20.8 Å². The highest BCUT2D eigenvalue weighted by Gasteiger charge is 2.38. The first-order valence-corrected chi connectivity index (χ1v) is 4.29. The summed E-state index contributed by atoms with van der Waals surface area (Å²) < 4.78 is 0. The van der Waals surface area contributed by atoms with Crippen molar-refractivity contribution in [1.29, 1.82) is 0 Å². The van der Waals surface area contributed by atoms with Crippen LogP contribution in [0.4, 0.5) is 0 Å². The van der Waals surface area contributed by atoms with Crippen molar-refractivity contribution in [2.45, 2.75) is 45.8 Å². The molecule has 1 saturated carbocycles. The molecule has 0 heterocycles. The SMILES string of the molecule is CC1C(O)CC(O)CC1(C)C. The lowest BCUT2D eigenvalue weighted by molar-refractivity contribution is -0.0589. The van der Waals surface area contributed by atoms with Crippen molar-refractivity contribution in [1.82, 2.24) is 0 Å². The maximum atomic E-state index is 9.52. The lowest BCUT2D eigenvalue weighted by atomic mass is 9.67. The predicted octanol–water partition coefficient (Wildman–Crippen LogP) is 1.16. The van der Waals surface area contributed by atoms with Crippen molar-refractivity contribution in [3.05, 3.63) is 0 Å². The fourth-order valence-corrected chi connectivity index (χ4v) is 1.88. The maximum absolute atomic E-state index is 9.52. The van der Waals surface area contributed by atoms with E-state index in [0.29, 0.717) is 12.3 Å². The van der Waals surface area contributed by atoms with Crippen LogP contribution in [0, 0.1) is 11.3 Å². The molecule has 0 bridgehead atoms. The van der Waals surface area contributed by atoms with E-state index in [4.69, 9.17) is 0 Å². The van der Waals surface area contributed by atoms with E-state index >= 15 is 0 Å². The van der Waals surface area contributed by atoms with Crippen LogP contribution in [0.1, 0.15) is 33.6 Å². The molecule has 0 saturated heterocycles. The van der Waals surface area contributed by atoms with E-state index in [2.05, 4.69) is 20.8 Å². The lowest BCUT2D eigenvalue weighted by Crippen LogP contribution is -2.42. The van der Waals surface area contributed by atoms with Crippen molar-refractivity contribution < 1.29 is 10.2 Å². The summed E-state index contributed by atoms with van der Waals surface area (Å²) in [4.78, 5) is 0. The Morgan fingerprint density at radius 2 is 1.82 bits per heavy atom. The average molecular weight is 158 g/mol. The van der Waals surface area contributed by atoms with E-state index in [1.54, 1.807) is 0 Å². The minimum atomic E-state index is -0.325. The summed E-state index contributed by atoms with van der Waals surface area (Å²) in [7, 11) is 0. The summed E-state index contributed by atoms with van der Waals surface area (Å²) >= 11 is 0. The van der Waals surface area contributed by atoms with Gasteiger partial charge in [-0.15, -0.1) is 0 Å². The van der Waals surface area contributed by atoms with Gasteiger partial charge < -0.3 is 10.2 Å². The van der Waals surface area contributed by atoms with Gasteiger partial charge in [0.15, 0.2) is 0 Å². The lowest BCUT2D eigenvalue weighted by Gasteiger charge is -2.42. The number of hydrogen-bond donors (Lipinski definition) is 2. The molecule has 0 aliphatic heterocycles. The van der Waals surface area contributed by atoms with Gasteiger partial charge in [0.05, 0.1) is 12.2 Å². The van der Waals surface area contributed by atoms with Crippen LogP contribution in [0.2, 0.25) is 0 Å². The van der Waals surface area contributed by atoms with E-state index < -0.39 is 0 Å². The number of aliphatic hydroxyl groups is 2. The predicted molar refractivity (Wildman–Crippen MR) is 44.2 cm³/mol. The minimum absolute atomic E-state index is 0.0804. The molecule has 2 N–H and O–H groups in total. The topological polar surface area (TPSA) is 40.5 Å². The first kappa shape index (κ1) is 9.01. The van der Waals surface area contributed by atoms with Gasteiger partial charge in [0.1, 0.15) is 0 Å². The van der Waals surface area contributed by atoms with Crippen molar-refractivity contribution in [2.75, 3.05) is 0 Å². The number of rotatable bonds is 0. The van der Waals surface area contributed by atoms with Gasteiger partial charge in [0, 0.05) is 0 Å². The molecular formula is C9H18O2. The molecule has 11 heavy (non-hydrogen) atoms. The summed E-state index contributed by atoms with van der Waals surface area (Å²) in [5.41, 5.74) is 0.0804. The first-order valence-electron chi connectivity index (χ1n) is 4.29. The quantitative estimate of drug-likeness (QED) is 0.555. The zero-order chi connectivity index (χ0) is 8.65. The molecule has 3 unspecified atom stereocenters. The molecule has 2 heteroatoms. The highest BCUT2D eigenvalue weighted by molar-refractivity contribution is 4.89. The number of hydrogen-bond acceptors (Lipinski definition) is 2. The van der Waals surface area contributed by atoms with Crippen molar-refractivity contribution >= 4 is 0 Å². The van der Waals surface area contributed by atoms with Gasteiger partial charge in [-0.25, -0.2) is 0 Å². The fourth-order valence-electron chi connectivity index (χ4n) is 1.88. The number of aliphatic hydroxyl groups excluding tert-OH is 2. The Morgan fingerprint density at radius 3 is 2.27 bits per heavy atom. The zero-order valence-electron chi connectivity index (χ0n) is 7.54. The van der Waals surface area contributed by atoms with Crippen LogP contribution < -0.4 is 0 Å². The van der Waals surface area contributed by atoms with Gasteiger partial charge in [-0.2, -0.15) is 0 Å². The van der Waals surface area contributed by atoms with Gasteiger partial charge in [-0.05, 0) is 24.2 Å². The molecule has 66 valence electrons. The second-order valence-corrected chi connectivity index (χ2v) is 4.44. The van der Waals surface area contributed by atoms with Crippen LogP contribution in [0.5, 0.6) is 0 Å². The van der Waals surface area contributed by atoms with Crippen LogP contribution in [-0.4, -0.2) is 22.4 Å².